The van der Waals surface area contributed by atoms with E-state index < -0.39 is 23.5 Å². The van der Waals surface area contributed by atoms with E-state index in [4.69, 9.17) is 9.15 Å². The van der Waals surface area contributed by atoms with Crippen molar-refractivity contribution < 1.29 is 23.8 Å². The molecule has 154 valence electrons. The van der Waals surface area contributed by atoms with Crippen molar-refractivity contribution in [1.82, 2.24) is 9.80 Å². The summed E-state index contributed by atoms with van der Waals surface area (Å²) in [5.41, 5.74) is 0.649. The summed E-state index contributed by atoms with van der Waals surface area (Å²) in [5, 5.41) is 10.6. The Balaban J connectivity index is 2.05. The van der Waals surface area contributed by atoms with Gasteiger partial charge < -0.3 is 24.1 Å². The number of likely N-dealkylation sites (N-methyl/N-ethyl adjacent to an activating group) is 1. The van der Waals surface area contributed by atoms with Crippen LogP contribution in [-0.4, -0.2) is 59.9 Å². The van der Waals surface area contributed by atoms with E-state index in [0.29, 0.717) is 24.4 Å². The maximum atomic E-state index is 13.1. The molecule has 2 aromatic rings. The van der Waals surface area contributed by atoms with Gasteiger partial charge in [-0.1, -0.05) is 32.0 Å². The van der Waals surface area contributed by atoms with Crippen molar-refractivity contribution in [3.63, 3.8) is 0 Å². The molecule has 0 fully saturated rings. The molecule has 1 atom stereocenters. The Kier molecular flexibility index (Phi) is 6.39. The lowest BCUT2D eigenvalue weighted by Crippen LogP contribution is -2.38. The Hall–Kier alpha value is -3.06. The number of methoxy groups -OCH3 is 1. The van der Waals surface area contributed by atoms with Crippen molar-refractivity contribution in [3.05, 3.63) is 65.3 Å². The predicted octanol–water partition coefficient (Wildman–Crippen LogP) is 3.21. The van der Waals surface area contributed by atoms with Crippen LogP contribution in [0, 0.1) is 0 Å². The summed E-state index contributed by atoms with van der Waals surface area (Å²) in [5.74, 6) is -1.01. The second kappa shape index (κ2) is 8.96. The van der Waals surface area contributed by atoms with Crippen LogP contribution in [0.4, 0.5) is 0 Å². The lowest BCUT2D eigenvalue weighted by molar-refractivity contribution is -0.129. The van der Waals surface area contributed by atoms with Crippen LogP contribution in [0.1, 0.15) is 36.0 Å². The smallest absolute Gasteiger partial charge is 0.290 e. The molecule has 7 nitrogen and oxygen atoms in total. The third-order valence-electron chi connectivity index (χ3n) is 5.28. The largest absolute Gasteiger partial charge is 0.503 e. The number of rotatable bonds is 9. The highest BCUT2D eigenvalue weighted by Gasteiger charge is 2.45. The zero-order valence-electron chi connectivity index (χ0n) is 16.9. The highest BCUT2D eigenvalue weighted by Crippen LogP contribution is 2.42. The predicted molar refractivity (Wildman–Crippen MR) is 108 cm³/mol. The van der Waals surface area contributed by atoms with E-state index >= 15 is 0 Å². The minimum atomic E-state index is -0.758. The first-order chi connectivity index (χ1) is 14.0. The number of para-hydroxylation sites is 1. The molecule has 29 heavy (non-hydrogen) atoms. The summed E-state index contributed by atoms with van der Waals surface area (Å²) in [6.07, 6.45) is 1.39. The van der Waals surface area contributed by atoms with E-state index in [9.17, 15) is 14.7 Å². The SMILES string of the molecule is CCN(CC)CCN1C(=O)C(O)=C(C(=O)c2ccco2)C1c1ccccc1OC. The van der Waals surface area contributed by atoms with Gasteiger partial charge >= 0.3 is 0 Å². The molecule has 0 aliphatic carbocycles. The topological polar surface area (TPSA) is 83.2 Å². The van der Waals surface area contributed by atoms with Crippen LogP contribution < -0.4 is 4.74 Å². The number of carbonyl (C=O) groups excluding carboxylic acids is 2. The number of amides is 1. The number of ether oxygens (including phenoxy) is 1. The number of hydrogen-bond donors (Lipinski definition) is 1. The summed E-state index contributed by atoms with van der Waals surface area (Å²) in [7, 11) is 1.54. The van der Waals surface area contributed by atoms with Crippen LogP contribution >= 0.6 is 0 Å². The zero-order chi connectivity index (χ0) is 21.0. The van der Waals surface area contributed by atoms with E-state index in [1.54, 1.807) is 18.2 Å². The molecule has 0 bridgehead atoms. The molecule has 1 amide bonds. The van der Waals surface area contributed by atoms with Gasteiger partial charge in [0.05, 0.1) is 25.0 Å². The molecule has 1 N–H and O–H groups in total. The number of aliphatic hydroxyl groups excluding tert-OH is 1. The van der Waals surface area contributed by atoms with Crippen LogP contribution in [0.3, 0.4) is 0 Å². The highest BCUT2D eigenvalue weighted by atomic mass is 16.5. The van der Waals surface area contributed by atoms with E-state index in [1.807, 2.05) is 12.1 Å². The minimum absolute atomic E-state index is 0.00833. The fourth-order valence-electron chi connectivity index (χ4n) is 3.66. The molecule has 7 heteroatoms. The number of benzene rings is 1. The lowest BCUT2D eigenvalue weighted by Gasteiger charge is -2.30. The summed E-state index contributed by atoms with van der Waals surface area (Å²) in [6.45, 7) is 6.77. The van der Waals surface area contributed by atoms with Crippen LogP contribution in [0.25, 0.3) is 0 Å². The second-order valence-electron chi connectivity index (χ2n) is 6.74. The Bertz CT molecular complexity index is 900. The van der Waals surface area contributed by atoms with Gasteiger partial charge in [-0.05, 0) is 31.3 Å². The quantitative estimate of drug-likeness (QED) is 0.653. The van der Waals surface area contributed by atoms with E-state index in [-0.39, 0.29) is 11.3 Å². The second-order valence-corrected chi connectivity index (χ2v) is 6.74. The van der Waals surface area contributed by atoms with Crippen LogP contribution in [0.5, 0.6) is 5.75 Å². The Morgan fingerprint density at radius 1 is 1.21 bits per heavy atom. The third kappa shape index (κ3) is 3.91. The van der Waals surface area contributed by atoms with Gasteiger partial charge in [0, 0.05) is 18.7 Å². The van der Waals surface area contributed by atoms with Crippen molar-refractivity contribution in [2.45, 2.75) is 19.9 Å². The molecule has 0 radical (unpaired) electrons. The monoisotopic (exact) mass is 398 g/mol. The third-order valence-corrected chi connectivity index (χ3v) is 5.28. The zero-order valence-corrected chi connectivity index (χ0v) is 16.9. The number of nitrogens with zero attached hydrogens (tertiary/aromatic N) is 2. The molecule has 3 rings (SSSR count). The van der Waals surface area contributed by atoms with Gasteiger partial charge in [-0.2, -0.15) is 0 Å². The number of hydrogen-bond acceptors (Lipinski definition) is 6. The molecule has 0 spiro atoms. The van der Waals surface area contributed by atoms with E-state index in [0.717, 1.165) is 13.1 Å². The van der Waals surface area contributed by atoms with Crippen molar-refractivity contribution >= 4 is 11.7 Å². The van der Waals surface area contributed by atoms with Crippen LogP contribution in [-0.2, 0) is 4.79 Å². The van der Waals surface area contributed by atoms with Crippen molar-refractivity contribution in [2.24, 2.45) is 0 Å². The minimum Gasteiger partial charge on any atom is -0.503 e. The van der Waals surface area contributed by atoms with Crippen molar-refractivity contribution in [2.75, 3.05) is 33.3 Å². The Labute approximate surface area is 170 Å². The van der Waals surface area contributed by atoms with Gasteiger partial charge in [-0.3, -0.25) is 9.59 Å². The molecule has 1 aliphatic heterocycles. The molecule has 1 aromatic heterocycles. The van der Waals surface area contributed by atoms with Gasteiger partial charge in [0.1, 0.15) is 5.75 Å². The number of Topliss-reactive ketones (excluding diaryl/α,β-unsaturated/α-hetero) is 1. The first-order valence-electron chi connectivity index (χ1n) is 9.71. The number of furan rings is 1. The number of aliphatic hydroxyl groups is 1. The average Bonchev–Trinajstić information content (AvgIpc) is 3.37. The molecule has 1 aliphatic rings. The van der Waals surface area contributed by atoms with E-state index in [1.165, 1.54) is 24.3 Å². The van der Waals surface area contributed by atoms with Gasteiger partial charge in [0.25, 0.3) is 5.91 Å². The van der Waals surface area contributed by atoms with Crippen molar-refractivity contribution in [3.8, 4) is 5.75 Å². The molecular weight excluding hydrogens is 372 g/mol. The van der Waals surface area contributed by atoms with Gasteiger partial charge in [-0.25, -0.2) is 0 Å². The fourth-order valence-corrected chi connectivity index (χ4v) is 3.66. The average molecular weight is 398 g/mol. The maximum absolute atomic E-state index is 13.1. The first kappa shape index (κ1) is 20.7. The molecule has 1 unspecified atom stereocenters. The summed E-state index contributed by atoms with van der Waals surface area (Å²) >= 11 is 0. The standard InChI is InChI=1S/C22H26N2O5/c1-4-23(5-2)12-13-24-19(15-9-6-7-10-16(15)28-3)18(21(26)22(24)27)20(25)17-11-8-14-29-17/h6-11,14,19,26H,4-5,12-13H2,1-3H3. The summed E-state index contributed by atoms with van der Waals surface area (Å²) in [6, 6.07) is 9.56. The summed E-state index contributed by atoms with van der Waals surface area (Å²) in [4.78, 5) is 29.7. The number of ketones is 1. The van der Waals surface area contributed by atoms with Gasteiger partial charge in [0.15, 0.2) is 11.5 Å². The maximum Gasteiger partial charge on any atom is 0.290 e. The van der Waals surface area contributed by atoms with Crippen LogP contribution in [0.15, 0.2) is 58.4 Å². The van der Waals surface area contributed by atoms with Crippen LogP contribution in [0.2, 0.25) is 0 Å². The lowest BCUT2D eigenvalue weighted by atomic mass is 9.94. The fraction of sp³-hybridized carbons (Fsp3) is 0.364. The summed E-state index contributed by atoms with van der Waals surface area (Å²) < 4.78 is 10.7. The highest BCUT2D eigenvalue weighted by molar-refractivity contribution is 6.15. The molecule has 0 saturated carbocycles. The molecular formula is C22H26N2O5. The number of carbonyl (C=O) groups is 2. The van der Waals surface area contributed by atoms with E-state index in [2.05, 4.69) is 18.7 Å². The normalized spacial score (nSPS) is 16.8. The molecule has 2 heterocycles. The molecule has 0 saturated heterocycles. The van der Waals surface area contributed by atoms with Gasteiger partial charge in [-0.15, -0.1) is 0 Å². The Morgan fingerprint density at radius 2 is 1.93 bits per heavy atom. The Morgan fingerprint density at radius 3 is 2.55 bits per heavy atom. The molecule has 1 aromatic carbocycles. The first-order valence-corrected chi connectivity index (χ1v) is 9.71. The van der Waals surface area contributed by atoms with Crippen molar-refractivity contribution in [1.29, 1.82) is 0 Å². The van der Waals surface area contributed by atoms with Gasteiger partial charge in [0.2, 0.25) is 5.78 Å².